The third-order valence-electron chi connectivity index (χ3n) is 4.07. The van der Waals surface area contributed by atoms with Gasteiger partial charge in [0.15, 0.2) is 0 Å². The van der Waals surface area contributed by atoms with E-state index in [1.807, 2.05) is 0 Å². The zero-order valence-electron chi connectivity index (χ0n) is 11.2. The van der Waals surface area contributed by atoms with Crippen LogP contribution in [-0.2, 0) is 0 Å². The molecule has 16 heavy (non-hydrogen) atoms. The van der Waals surface area contributed by atoms with Crippen molar-refractivity contribution in [2.24, 2.45) is 0 Å². The molecule has 0 saturated heterocycles. The van der Waals surface area contributed by atoms with Crippen molar-refractivity contribution in [1.29, 1.82) is 0 Å². The summed E-state index contributed by atoms with van der Waals surface area (Å²) >= 11 is 0. The second-order valence-corrected chi connectivity index (χ2v) is 5.71. The van der Waals surface area contributed by atoms with Crippen LogP contribution in [0.4, 0.5) is 0 Å². The average molecular weight is 224 g/mol. The summed E-state index contributed by atoms with van der Waals surface area (Å²) < 4.78 is 0. The topological polar surface area (TPSA) is 23.8 Å². The van der Waals surface area contributed by atoms with E-state index in [1.165, 1.54) is 83.5 Å². The van der Waals surface area contributed by atoms with Gasteiger partial charge in [0, 0.05) is 5.54 Å². The monoisotopic (exact) mass is 224 g/mol. The van der Waals surface area contributed by atoms with E-state index in [0.717, 1.165) is 0 Å². The molecule has 0 unspecified atom stereocenters. The van der Waals surface area contributed by atoms with Crippen LogP contribution in [0.3, 0.4) is 0 Å². The predicted octanol–water partition coefficient (Wildman–Crippen LogP) is 5.11. The van der Waals surface area contributed by atoms with E-state index in [9.17, 15) is 0 Å². The van der Waals surface area contributed by atoms with E-state index in [0.29, 0.717) is 0 Å². The maximum absolute atomic E-state index is 8.37. The molecule has 1 nitrogen and oxygen atoms in total. The van der Waals surface area contributed by atoms with Gasteiger partial charge < -0.3 is 0 Å². The second-order valence-electron chi connectivity index (χ2n) is 5.71. The van der Waals surface area contributed by atoms with E-state index >= 15 is 0 Å². The van der Waals surface area contributed by atoms with Crippen LogP contribution < -0.4 is 5.73 Å². The summed E-state index contributed by atoms with van der Waals surface area (Å²) in [6, 6.07) is 0. The highest BCUT2D eigenvalue weighted by atomic mass is 14.7. The molecule has 0 aromatic rings. The SMILES string of the molecule is CCCCCCCCCC1([NH])CCCCC1. The van der Waals surface area contributed by atoms with Crippen LogP contribution in [0.5, 0.6) is 0 Å². The standard InChI is InChI=1S/C15H30N/c1-2-3-4-5-6-7-9-12-15(16)13-10-8-11-14-15/h16H,2-14H2,1H3. The van der Waals surface area contributed by atoms with Crippen molar-refractivity contribution in [3.8, 4) is 0 Å². The molecule has 0 aromatic heterocycles. The average Bonchev–Trinajstić information content (AvgIpc) is 2.29. The molecule has 0 bridgehead atoms. The summed E-state index contributed by atoms with van der Waals surface area (Å²) in [5, 5.41) is 0. The quantitative estimate of drug-likeness (QED) is 0.511. The van der Waals surface area contributed by atoms with Crippen molar-refractivity contribution in [1.82, 2.24) is 5.73 Å². The van der Waals surface area contributed by atoms with Crippen molar-refractivity contribution in [2.45, 2.75) is 95.9 Å². The molecule has 1 heteroatoms. The van der Waals surface area contributed by atoms with Crippen molar-refractivity contribution >= 4 is 0 Å². The van der Waals surface area contributed by atoms with Crippen molar-refractivity contribution in [3.63, 3.8) is 0 Å². The Hall–Kier alpha value is -0.0400. The molecule has 1 saturated carbocycles. The lowest BCUT2D eigenvalue weighted by atomic mass is 9.79. The molecular formula is C15H30N. The van der Waals surface area contributed by atoms with E-state index in [2.05, 4.69) is 6.92 Å². The lowest BCUT2D eigenvalue weighted by Gasteiger charge is -2.32. The number of nitrogens with one attached hydrogen (secondary N) is 1. The zero-order chi connectivity index (χ0) is 11.7. The molecule has 0 aromatic carbocycles. The minimum Gasteiger partial charge on any atom is -0.251 e. The Morgan fingerprint density at radius 2 is 1.38 bits per heavy atom. The highest BCUT2D eigenvalue weighted by Gasteiger charge is 2.27. The molecule has 0 atom stereocenters. The molecule has 0 aliphatic heterocycles. The van der Waals surface area contributed by atoms with Crippen molar-refractivity contribution in [3.05, 3.63) is 0 Å². The molecule has 0 spiro atoms. The van der Waals surface area contributed by atoms with Gasteiger partial charge in [0.25, 0.3) is 0 Å². The normalized spacial score (nSPS) is 19.9. The summed E-state index contributed by atoms with van der Waals surface area (Å²) in [7, 11) is 0. The van der Waals surface area contributed by atoms with Gasteiger partial charge >= 0.3 is 0 Å². The summed E-state index contributed by atoms with van der Waals surface area (Å²) in [5.41, 5.74) is 8.34. The summed E-state index contributed by atoms with van der Waals surface area (Å²) in [5.74, 6) is 0. The largest absolute Gasteiger partial charge is 0.251 e. The lowest BCUT2D eigenvalue weighted by Crippen LogP contribution is -2.33. The molecule has 95 valence electrons. The van der Waals surface area contributed by atoms with Gasteiger partial charge in [-0.1, -0.05) is 71.1 Å². The Labute approximate surface area is 102 Å². The summed E-state index contributed by atoms with van der Waals surface area (Å²) in [6.45, 7) is 2.27. The van der Waals surface area contributed by atoms with Gasteiger partial charge in [-0.3, -0.25) is 5.73 Å². The fourth-order valence-electron chi connectivity index (χ4n) is 2.90. The predicted molar refractivity (Wildman–Crippen MR) is 71.5 cm³/mol. The van der Waals surface area contributed by atoms with Crippen molar-refractivity contribution < 1.29 is 0 Å². The van der Waals surface area contributed by atoms with Gasteiger partial charge in [-0.2, -0.15) is 0 Å². The fraction of sp³-hybridized carbons (Fsp3) is 1.00. The molecule has 1 aliphatic carbocycles. The van der Waals surface area contributed by atoms with E-state index in [4.69, 9.17) is 5.73 Å². The molecule has 0 heterocycles. The smallest absolute Gasteiger partial charge is 0.0324 e. The highest BCUT2D eigenvalue weighted by molar-refractivity contribution is 4.86. The lowest BCUT2D eigenvalue weighted by molar-refractivity contribution is 0.259. The van der Waals surface area contributed by atoms with Gasteiger partial charge in [-0.05, 0) is 19.3 Å². The van der Waals surface area contributed by atoms with Crippen LogP contribution in [0.1, 0.15) is 90.4 Å². The molecule has 0 amide bonds. The van der Waals surface area contributed by atoms with E-state index < -0.39 is 0 Å². The van der Waals surface area contributed by atoms with Gasteiger partial charge in [0.1, 0.15) is 0 Å². The maximum atomic E-state index is 8.37. The summed E-state index contributed by atoms with van der Waals surface area (Å²) in [6.07, 6.45) is 17.1. The van der Waals surface area contributed by atoms with Gasteiger partial charge in [0.05, 0.1) is 0 Å². The van der Waals surface area contributed by atoms with Crippen LogP contribution in [-0.4, -0.2) is 5.54 Å². The first-order chi connectivity index (χ1) is 7.77. The minimum atomic E-state index is -0.0261. The Balaban J connectivity index is 1.93. The first kappa shape index (κ1) is 14.0. The fourth-order valence-corrected chi connectivity index (χ4v) is 2.90. The third kappa shape index (κ3) is 5.89. The Morgan fingerprint density at radius 1 is 0.812 bits per heavy atom. The van der Waals surface area contributed by atoms with Crippen molar-refractivity contribution in [2.75, 3.05) is 0 Å². The maximum Gasteiger partial charge on any atom is 0.0324 e. The minimum absolute atomic E-state index is 0.0261. The second kappa shape index (κ2) is 8.11. The first-order valence-corrected chi connectivity index (χ1v) is 7.52. The molecular weight excluding hydrogens is 194 g/mol. The van der Waals surface area contributed by atoms with Crippen LogP contribution in [0.2, 0.25) is 0 Å². The van der Waals surface area contributed by atoms with Crippen LogP contribution in [0, 0.1) is 0 Å². The Morgan fingerprint density at radius 3 is 2.00 bits per heavy atom. The number of rotatable bonds is 8. The molecule has 1 radical (unpaired) electrons. The first-order valence-electron chi connectivity index (χ1n) is 7.52. The number of hydrogen-bond acceptors (Lipinski definition) is 0. The van der Waals surface area contributed by atoms with E-state index in [-0.39, 0.29) is 5.54 Å². The molecule has 1 aliphatic rings. The van der Waals surface area contributed by atoms with Gasteiger partial charge in [-0.15, -0.1) is 0 Å². The third-order valence-corrected chi connectivity index (χ3v) is 4.07. The molecule has 1 rings (SSSR count). The van der Waals surface area contributed by atoms with Gasteiger partial charge in [0.2, 0.25) is 0 Å². The Bertz CT molecular complexity index is 159. The van der Waals surface area contributed by atoms with Crippen LogP contribution >= 0.6 is 0 Å². The Kier molecular flexibility index (Phi) is 7.11. The van der Waals surface area contributed by atoms with E-state index in [1.54, 1.807) is 0 Å². The van der Waals surface area contributed by atoms with Crippen LogP contribution in [0.25, 0.3) is 0 Å². The van der Waals surface area contributed by atoms with Gasteiger partial charge in [-0.25, -0.2) is 0 Å². The molecule has 1 N–H and O–H groups in total. The molecule has 1 fully saturated rings. The summed E-state index contributed by atoms with van der Waals surface area (Å²) in [4.78, 5) is 0. The van der Waals surface area contributed by atoms with Crippen LogP contribution in [0.15, 0.2) is 0 Å². The number of hydrogen-bond donors (Lipinski definition) is 0. The highest BCUT2D eigenvalue weighted by Crippen LogP contribution is 2.31. The number of unbranched alkanes of at least 4 members (excludes halogenated alkanes) is 6. The zero-order valence-corrected chi connectivity index (χ0v) is 11.2.